The predicted octanol–water partition coefficient (Wildman–Crippen LogP) is 2.22. The first-order chi connectivity index (χ1) is 15.2. The van der Waals surface area contributed by atoms with Crippen LogP contribution < -0.4 is 10.6 Å². The van der Waals surface area contributed by atoms with Crippen LogP contribution >= 0.6 is 0 Å². The van der Waals surface area contributed by atoms with Crippen molar-refractivity contribution in [3.8, 4) is 11.3 Å². The van der Waals surface area contributed by atoms with E-state index in [0.29, 0.717) is 18.9 Å². The Balaban J connectivity index is 1.40. The Morgan fingerprint density at radius 3 is 2.81 bits per heavy atom. The van der Waals surface area contributed by atoms with E-state index in [0.717, 1.165) is 66.7 Å². The van der Waals surface area contributed by atoms with Gasteiger partial charge in [-0.15, -0.1) is 0 Å². The highest BCUT2D eigenvalue weighted by molar-refractivity contribution is 5.94. The van der Waals surface area contributed by atoms with Gasteiger partial charge in [-0.25, -0.2) is 9.37 Å². The van der Waals surface area contributed by atoms with Crippen molar-refractivity contribution < 1.29 is 9.18 Å². The number of alkyl halides is 1. The third-order valence-corrected chi connectivity index (χ3v) is 6.19. The SMILES string of the molecule is O=C(Nc1cc2cc(-c3cnn4c3CN(CCF)CC4)ncc2cn1)C1CCNCC1. The van der Waals surface area contributed by atoms with Crippen molar-refractivity contribution in [2.24, 2.45) is 5.92 Å². The summed E-state index contributed by atoms with van der Waals surface area (Å²) in [6, 6.07) is 3.90. The molecular weight excluding hydrogens is 397 g/mol. The molecule has 1 fully saturated rings. The van der Waals surface area contributed by atoms with Crippen molar-refractivity contribution >= 4 is 22.5 Å². The van der Waals surface area contributed by atoms with E-state index in [4.69, 9.17) is 0 Å². The second-order valence-electron chi connectivity index (χ2n) is 8.19. The zero-order valence-corrected chi connectivity index (χ0v) is 17.4. The van der Waals surface area contributed by atoms with Crippen molar-refractivity contribution in [1.29, 1.82) is 0 Å². The number of anilines is 1. The van der Waals surface area contributed by atoms with E-state index in [9.17, 15) is 9.18 Å². The third kappa shape index (κ3) is 4.15. The zero-order chi connectivity index (χ0) is 21.2. The number of rotatable bonds is 5. The molecule has 2 aliphatic rings. The van der Waals surface area contributed by atoms with E-state index < -0.39 is 0 Å². The molecule has 3 aromatic heterocycles. The number of fused-ring (bicyclic) bond motifs is 2. The van der Waals surface area contributed by atoms with Crippen molar-refractivity contribution in [2.75, 3.05) is 38.2 Å². The van der Waals surface area contributed by atoms with Crippen LogP contribution in [-0.4, -0.2) is 63.4 Å². The fraction of sp³-hybridized carbons (Fsp3) is 0.455. The van der Waals surface area contributed by atoms with E-state index in [1.807, 2.05) is 23.0 Å². The highest BCUT2D eigenvalue weighted by Gasteiger charge is 2.23. The Labute approximate surface area is 179 Å². The molecule has 0 atom stereocenters. The molecule has 0 radical (unpaired) electrons. The van der Waals surface area contributed by atoms with Gasteiger partial charge in [-0.1, -0.05) is 0 Å². The number of carbonyl (C=O) groups excluding carboxylic acids is 1. The number of nitrogens with zero attached hydrogens (tertiary/aromatic N) is 5. The van der Waals surface area contributed by atoms with Gasteiger partial charge in [0, 0.05) is 48.9 Å². The van der Waals surface area contributed by atoms with Crippen molar-refractivity contribution in [1.82, 2.24) is 30.0 Å². The number of pyridine rings is 2. The Morgan fingerprint density at radius 1 is 1.13 bits per heavy atom. The molecule has 5 rings (SSSR count). The maximum Gasteiger partial charge on any atom is 0.228 e. The molecule has 0 spiro atoms. The Bertz CT molecular complexity index is 1090. The highest BCUT2D eigenvalue weighted by Crippen LogP contribution is 2.28. The lowest BCUT2D eigenvalue weighted by Gasteiger charge is -2.27. The third-order valence-electron chi connectivity index (χ3n) is 6.19. The lowest BCUT2D eigenvalue weighted by atomic mass is 9.97. The van der Waals surface area contributed by atoms with Gasteiger partial charge in [0.2, 0.25) is 5.91 Å². The molecule has 2 N–H and O–H groups in total. The Kier molecular flexibility index (Phi) is 5.61. The number of aromatic nitrogens is 4. The van der Waals surface area contributed by atoms with Crippen LogP contribution in [0, 0.1) is 5.92 Å². The highest BCUT2D eigenvalue weighted by atomic mass is 19.1. The molecule has 8 nitrogen and oxygen atoms in total. The molecule has 31 heavy (non-hydrogen) atoms. The van der Waals surface area contributed by atoms with Gasteiger partial charge in [0.15, 0.2) is 0 Å². The van der Waals surface area contributed by atoms with Crippen LogP contribution in [0.15, 0.2) is 30.7 Å². The number of carbonyl (C=O) groups is 1. The molecule has 9 heteroatoms. The molecule has 1 amide bonds. The van der Waals surface area contributed by atoms with Crippen molar-refractivity contribution in [3.63, 3.8) is 0 Å². The van der Waals surface area contributed by atoms with E-state index in [1.54, 1.807) is 12.4 Å². The lowest BCUT2D eigenvalue weighted by Crippen LogP contribution is -2.35. The van der Waals surface area contributed by atoms with Crippen LogP contribution in [0.2, 0.25) is 0 Å². The zero-order valence-electron chi connectivity index (χ0n) is 17.4. The van der Waals surface area contributed by atoms with Crippen LogP contribution in [0.25, 0.3) is 22.0 Å². The molecule has 0 aliphatic carbocycles. The van der Waals surface area contributed by atoms with Crippen LogP contribution in [-0.2, 0) is 17.9 Å². The summed E-state index contributed by atoms with van der Waals surface area (Å²) in [6.45, 7) is 4.04. The normalized spacial score (nSPS) is 17.6. The van der Waals surface area contributed by atoms with Gasteiger partial charge in [0.25, 0.3) is 0 Å². The summed E-state index contributed by atoms with van der Waals surface area (Å²) in [5.41, 5.74) is 2.83. The standard InChI is InChI=1S/C22H26FN7O/c23-3-6-29-7-8-30-20(14-29)18(13-27-30)19-9-16-10-21(26-12-17(16)11-25-19)28-22(31)15-1-4-24-5-2-15/h9-13,15,24H,1-8,14H2,(H,26,28,31). The topological polar surface area (TPSA) is 88.0 Å². The first-order valence-corrected chi connectivity index (χ1v) is 10.8. The number of hydrogen-bond donors (Lipinski definition) is 2. The van der Waals surface area contributed by atoms with Crippen LogP contribution in [0.1, 0.15) is 18.5 Å². The van der Waals surface area contributed by atoms with E-state index >= 15 is 0 Å². The Hall–Kier alpha value is -2.91. The summed E-state index contributed by atoms with van der Waals surface area (Å²) in [7, 11) is 0. The molecule has 0 unspecified atom stereocenters. The number of piperidine rings is 1. The van der Waals surface area contributed by atoms with Gasteiger partial charge in [-0.05, 0) is 43.5 Å². The second kappa shape index (κ2) is 8.68. The molecule has 2 aliphatic heterocycles. The molecule has 0 aromatic carbocycles. The monoisotopic (exact) mass is 423 g/mol. The van der Waals surface area contributed by atoms with Gasteiger partial charge in [0.1, 0.15) is 12.5 Å². The molecule has 1 saturated heterocycles. The minimum Gasteiger partial charge on any atom is -0.317 e. The minimum absolute atomic E-state index is 0.0259. The summed E-state index contributed by atoms with van der Waals surface area (Å²) < 4.78 is 14.8. The summed E-state index contributed by atoms with van der Waals surface area (Å²) in [5, 5.41) is 12.6. The Morgan fingerprint density at radius 2 is 1.97 bits per heavy atom. The molecule has 0 saturated carbocycles. The number of halogens is 1. The average molecular weight is 423 g/mol. The van der Waals surface area contributed by atoms with Gasteiger partial charge in [-0.3, -0.25) is 19.4 Å². The maximum absolute atomic E-state index is 12.8. The van der Waals surface area contributed by atoms with E-state index in [2.05, 4.69) is 30.6 Å². The first kappa shape index (κ1) is 20.0. The van der Waals surface area contributed by atoms with Crippen molar-refractivity contribution in [3.05, 3.63) is 36.4 Å². The maximum atomic E-state index is 12.8. The van der Waals surface area contributed by atoms with Crippen LogP contribution in [0.4, 0.5) is 10.2 Å². The fourth-order valence-corrected chi connectivity index (χ4v) is 4.39. The van der Waals surface area contributed by atoms with Crippen LogP contribution in [0.3, 0.4) is 0 Å². The molecule has 0 bridgehead atoms. The smallest absolute Gasteiger partial charge is 0.228 e. The quantitative estimate of drug-likeness (QED) is 0.654. The number of amides is 1. The van der Waals surface area contributed by atoms with Gasteiger partial charge < -0.3 is 10.6 Å². The molecule has 162 valence electrons. The summed E-state index contributed by atoms with van der Waals surface area (Å²) in [4.78, 5) is 23.7. The van der Waals surface area contributed by atoms with Gasteiger partial charge in [0.05, 0.1) is 24.1 Å². The van der Waals surface area contributed by atoms with Gasteiger partial charge in [-0.2, -0.15) is 5.10 Å². The largest absolute Gasteiger partial charge is 0.317 e. The molecule has 3 aromatic rings. The second-order valence-corrected chi connectivity index (χ2v) is 8.19. The predicted molar refractivity (Wildman–Crippen MR) is 116 cm³/mol. The average Bonchev–Trinajstić information content (AvgIpc) is 3.23. The first-order valence-electron chi connectivity index (χ1n) is 10.8. The summed E-state index contributed by atoms with van der Waals surface area (Å²) in [6.07, 6.45) is 7.06. The van der Waals surface area contributed by atoms with Crippen molar-refractivity contribution in [2.45, 2.75) is 25.9 Å². The summed E-state index contributed by atoms with van der Waals surface area (Å²) in [5.74, 6) is 0.610. The number of hydrogen-bond acceptors (Lipinski definition) is 6. The molecule has 5 heterocycles. The van der Waals surface area contributed by atoms with E-state index in [1.165, 1.54) is 0 Å². The van der Waals surface area contributed by atoms with Gasteiger partial charge >= 0.3 is 0 Å². The van der Waals surface area contributed by atoms with Crippen LogP contribution in [0.5, 0.6) is 0 Å². The van der Waals surface area contributed by atoms with E-state index in [-0.39, 0.29) is 18.5 Å². The minimum atomic E-state index is -0.351. The number of nitrogens with one attached hydrogen (secondary N) is 2. The lowest BCUT2D eigenvalue weighted by molar-refractivity contribution is -0.120. The summed E-state index contributed by atoms with van der Waals surface area (Å²) >= 11 is 0. The fourth-order valence-electron chi connectivity index (χ4n) is 4.39. The molecular formula is C22H26FN7O.